The van der Waals surface area contributed by atoms with Crippen LogP contribution in [-0.2, 0) is 4.79 Å². The highest BCUT2D eigenvalue weighted by molar-refractivity contribution is 9.10. The lowest BCUT2D eigenvalue weighted by Gasteiger charge is -2.37. The fourth-order valence-corrected chi connectivity index (χ4v) is 2.60. The number of β-amino-alcohol motifs (C(OH)–C–C–N with tert-alkyl or cyclic N) is 1. The number of benzene rings is 1. The van der Waals surface area contributed by atoms with Gasteiger partial charge in [-0.1, -0.05) is 0 Å². The molecule has 0 saturated carbocycles. The van der Waals surface area contributed by atoms with Crippen molar-refractivity contribution in [1.82, 2.24) is 4.90 Å². The van der Waals surface area contributed by atoms with E-state index in [1.807, 2.05) is 0 Å². The zero-order chi connectivity index (χ0) is 14.9. The highest BCUT2D eigenvalue weighted by atomic mass is 79.9. The number of aliphatic hydroxyl groups is 1. The second kappa shape index (κ2) is 5.49. The molecular formula is C13H14BrFN2O3. The van der Waals surface area contributed by atoms with Gasteiger partial charge in [0.1, 0.15) is 5.82 Å². The van der Waals surface area contributed by atoms with Gasteiger partial charge in [0.05, 0.1) is 11.0 Å². The Kier molecular flexibility index (Phi) is 4.10. The molecule has 0 aromatic heterocycles. The summed E-state index contributed by atoms with van der Waals surface area (Å²) in [6.07, 6.45) is 0.715. The second-order valence-electron chi connectivity index (χ2n) is 4.85. The van der Waals surface area contributed by atoms with Crippen LogP contribution >= 0.6 is 15.9 Å². The summed E-state index contributed by atoms with van der Waals surface area (Å²) in [5.74, 6) is -1.67. The monoisotopic (exact) mass is 344 g/mol. The average Bonchev–Trinajstić information content (AvgIpc) is 2.41. The lowest BCUT2D eigenvalue weighted by molar-refractivity contribution is -0.140. The third-order valence-electron chi connectivity index (χ3n) is 3.38. The number of amides is 2. The van der Waals surface area contributed by atoms with E-state index in [9.17, 15) is 19.1 Å². The Balaban J connectivity index is 2.20. The fraction of sp³-hybridized carbons (Fsp3) is 0.385. The van der Waals surface area contributed by atoms with Crippen molar-refractivity contribution < 1.29 is 19.1 Å². The van der Waals surface area contributed by atoms with Gasteiger partial charge < -0.3 is 15.7 Å². The number of halogens is 2. The summed E-state index contributed by atoms with van der Waals surface area (Å²) < 4.78 is 13.3. The van der Waals surface area contributed by atoms with Crippen LogP contribution in [0.2, 0.25) is 0 Å². The zero-order valence-corrected chi connectivity index (χ0v) is 12.2. The van der Waals surface area contributed by atoms with E-state index in [0.717, 1.165) is 0 Å². The summed E-state index contributed by atoms with van der Waals surface area (Å²) in [4.78, 5) is 24.9. The number of nitrogens with two attached hydrogens (primary N) is 1. The first-order valence-electron chi connectivity index (χ1n) is 6.10. The Morgan fingerprint density at radius 1 is 1.45 bits per heavy atom. The number of rotatable bonds is 2. The van der Waals surface area contributed by atoms with Crippen LogP contribution in [-0.4, -0.2) is 40.5 Å². The summed E-state index contributed by atoms with van der Waals surface area (Å²) in [6, 6.07) is 3.91. The molecule has 5 nitrogen and oxygen atoms in total. The molecule has 0 bridgehead atoms. The molecule has 2 rings (SSSR count). The summed E-state index contributed by atoms with van der Waals surface area (Å²) in [5.41, 5.74) is 3.76. The van der Waals surface area contributed by atoms with Gasteiger partial charge in [-0.2, -0.15) is 0 Å². The summed E-state index contributed by atoms with van der Waals surface area (Å²) in [7, 11) is 0. The number of hydrogen-bond acceptors (Lipinski definition) is 3. The number of nitrogens with zero attached hydrogens (tertiary/aromatic N) is 1. The van der Waals surface area contributed by atoms with Gasteiger partial charge in [-0.25, -0.2) is 4.39 Å². The van der Waals surface area contributed by atoms with E-state index in [2.05, 4.69) is 15.9 Å². The van der Waals surface area contributed by atoms with E-state index in [1.165, 1.54) is 23.1 Å². The summed E-state index contributed by atoms with van der Waals surface area (Å²) in [5, 5.41) is 10.1. The van der Waals surface area contributed by atoms with E-state index in [1.54, 1.807) is 0 Å². The topological polar surface area (TPSA) is 83.6 Å². The first-order valence-corrected chi connectivity index (χ1v) is 6.89. The van der Waals surface area contributed by atoms with Gasteiger partial charge in [0.2, 0.25) is 0 Å². The van der Waals surface area contributed by atoms with Crippen molar-refractivity contribution in [3.8, 4) is 0 Å². The van der Waals surface area contributed by atoms with E-state index in [-0.39, 0.29) is 28.9 Å². The molecule has 0 unspecified atom stereocenters. The number of primary amides is 1. The van der Waals surface area contributed by atoms with Crippen molar-refractivity contribution in [2.24, 2.45) is 5.73 Å². The molecule has 7 heteroatoms. The van der Waals surface area contributed by atoms with Crippen LogP contribution in [0.1, 0.15) is 23.2 Å². The highest BCUT2D eigenvalue weighted by Gasteiger charge is 2.40. The van der Waals surface area contributed by atoms with Gasteiger partial charge in [-0.3, -0.25) is 9.59 Å². The average molecular weight is 345 g/mol. The van der Waals surface area contributed by atoms with Gasteiger partial charge in [-0.15, -0.1) is 0 Å². The molecule has 1 aromatic carbocycles. The number of carbonyl (C=O) groups is 2. The van der Waals surface area contributed by atoms with Crippen molar-refractivity contribution in [1.29, 1.82) is 0 Å². The van der Waals surface area contributed by atoms with E-state index >= 15 is 0 Å². The van der Waals surface area contributed by atoms with Crippen LogP contribution < -0.4 is 5.73 Å². The normalized spacial score (nSPS) is 22.6. The molecule has 1 atom stereocenters. The predicted molar refractivity (Wildman–Crippen MR) is 73.4 cm³/mol. The minimum absolute atomic E-state index is 0.143. The van der Waals surface area contributed by atoms with Gasteiger partial charge in [0.15, 0.2) is 5.60 Å². The third-order valence-corrected chi connectivity index (χ3v) is 3.99. The van der Waals surface area contributed by atoms with Crippen LogP contribution in [0, 0.1) is 5.82 Å². The standard InChI is InChI=1S/C13H14BrFN2O3/c14-9-6-8(2-3-10(9)15)11(18)17-5-1-4-13(20,7-17)12(16)19/h2-3,6,20H,1,4-5,7H2,(H2,16,19)/t13-/m0/s1. The molecule has 1 fully saturated rings. The molecule has 20 heavy (non-hydrogen) atoms. The van der Waals surface area contributed by atoms with Gasteiger partial charge in [0.25, 0.3) is 11.8 Å². The molecule has 2 amide bonds. The number of carbonyl (C=O) groups excluding carboxylic acids is 2. The Hall–Kier alpha value is -1.47. The van der Waals surface area contributed by atoms with Crippen molar-refractivity contribution >= 4 is 27.7 Å². The Morgan fingerprint density at radius 3 is 2.75 bits per heavy atom. The second-order valence-corrected chi connectivity index (χ2v) is 5.71. The smallest absolute Gasteiger partial charge is 0.254 e. The van der Waals surface area contributed by atoms with E-state index in [4.69, 9.17) is 5.73 Å². The highest BCUT2D eigenvalue weighted by Crippen LogP contribution is 2.24. The van der Waals surface area contributed by atoms with Crippen LogP contribution in [0.4, 0.5) is 4.39 Å². The molecular weight excluding hydrogens is 331 g/mol. The maximum atomic E-state index is 13.2. The number of likely N-dealkylation sites (tertiary alicyclic amines) is 1. The minimum atomic E-state index is -1.69. The van der Waals surface area contributed by atoms with Crippen molar-refractivity contribution in [2.75, 3.05) is 13.1 Å². The Bertz CT molecular complexity index is 567. The quantitative estimate of drug-likeness (QED) is 0.840. The van der Waals surface area contributed by atoms with Crippen LogP contribution in [0.15, 0.2) is 22.7 Å². The molecule has 0 aliphatic carbocycles. The fourth-order valence-electron chi connectivity index (χ4n) is 2.22. The molecule has 1 aliphatic rings. The van der Waals surface area contributed by atoms with Crippen LogP contribution in [0.5, 0.6) is 0 Å². The summed E-state index contributed by atoms with van der Waals surface area (Å²) >= 11 is 3.01. The van der Waals surface area contributed by atoms with Crippen molar-refractivity contribution in [2.45, 2.75) is 18.4 Å². The van der Waals surface area contributed by atoms with Crippen molar-refractivity contribution in [3.05, 3.63) is 34.1 Å². The van der Waals surface area contributed by atoms with E-state index < -0.39 is 17.3 Å². The molecule has 0 spiro atoms. The van der Waals surface area contributed by atoms with Gasteiger partial charge in [0, 0.05) is 12.1 Å². The Labute approximate surface area is 123 Å². The lowest BCUT2D eigenvalue weighted by Crippen LogP contribution is -2.57. The maximum Gasteiger partial charge on any atom is 0.254 e. The summed E-state index contributed by atoms with van der Waals surface area (Å²) in [6.45, 7) is 0.277. The molecule has 3 N–H and O–H groups in total. The molecule has 0 radical (unpaired) electrons. The van der Waals surface area contributed by atoms with Gasteiger partial charge >= 0.3 is 0 Å². The van der Waals surface area contributed by atoms with Gasteiger partial charge in [-0.05, 0) is 47.0 Å². The van der Waals surface area contributed by atoms with Crippen LogP contribution in [0.25, 0.3) is 0 Å². The zero-order valence-electron chi connectivity index (χ0n) is 10.6. The first-order chi connectivity index (χ1) is 9.33. The number of piperidine rings is 1. The van der Waals surface area contributed by atoms with Crippen LogP contribution in [0.3, 0.4) is 0 Å². The minimum Gasteiger partial charge on any atom is -0.378 e. The molecule has 1 aliphatic heterocycles. The SMILES string of the molecule is NC(=O)[C@]1(O)CCCN(C(=O)c2ccc(F)c(Br)c2)C1. The maximum absolute atomic E-state index is 13.2. The first kappa shape index (κ1) is 14.9. The molecule has 1 saturated heterocycles. The lowest BCUT2D eigenvalue weighted by atomic mass is 9.92. The molecule has 108 valence electrons. The largest absolute Gasteiger partial charge is 0.378 e. The Morgan fingerprint density at radius 2 is 2.15 bits per heavy atom. The molecule has 1 heterocycles. The number of hydrogen-bond donors (Lipinski definition) is 2. The predicted octanol–water partition coefficient (Wildman–Crippen LogP) is 1.04. The third kappa shape index (κ3) is 2.83. The van der Waals surface area contributed by atoms with Crippen molar-refractivity contribution in [3.63, 3.8) is 0 Å². The van der Waals surface area contributed by atoms with E-state index in [0.29, 0.717) is 13.0 Å². The molecule has 1 aromatic rings.